The molecule has 1 aromatic rings. The fraction of sp³-hybridized carbons (Fsp3) is 0.615. The minimum absolute atomic E-state index is 0.175. The fourth-order valence-corrected chi connectivity index (χ4v) is 2.89. The predicted molar refractivity (Wildman–Crippen MR) is 72.1 cm³/mol. The van der Waals surface area contributed by atoms with Crippen molar-refractivity contribution in [3.8, 4) is 0 Å². The quantitative estimate of drug-likeness (QED) is 0.841. The number of carbonyl (C=O) groups excluding carboxylic acids is 1. The molecule has 2 rings (SSSR count). The fourth-order valence-electron chi connectivity index (χ4n) is 2.43. The number of aromatic nitrogens is 1. The number of rotatable bonds is 3. The lowest BCUT2D eigenvalue weighted by atomic mass is 10.1. The van der Waals surface area contributed by atoms with Gasteiger partial charge in [0, 0.05) is 30.3 Å². The van der Waals surface area contributed by atoms with Gasteiger partial charge in [0.15, 0.2) is 0 Å². The molecule has 2 heterocycles. The van der Waals surface area contributed by atoms with Crippen LogP contribution in [0.5, 0.6) is 0 Å². The van der Waals surface area contributed by atoms with Crippen LogP contribution in [-0.2, 0) is 6.54 Å². The van der Waals surface area contributed by atoms with E-state index in [0.29, 0.717) is 5.92 Å². The zero-order valence-electron chi connectivity index (χ0n) is 10.4. The minimum Gasteiger partial charge on any atom is -0.343 e. The van der Waals surface area contributed by atoms with Gasteiger partial charge in [-0.1, -0.05) is 13.3 Å². The number of hydrogen-bond acceptors (Lipinski definition) is 1. The average Bonchev–Trinajstić information content (AvgIpc) is 2.93. The standard InChI is InChI=1S/C13H19BrN2O/c1-3-10-5-6-16(8-10)13(17)12-7-11(14)9-15(12)4-2/h7,9-10H,3-6,8H2,1-2H3. The number of halogens is 1. The van der Waals surface area contributed by atoms with E-state index in [1.807, 2.05) is 21.7 Å². The molecule has 1 atom stereocenters. The van der Waals surface area contributed by atoms with Gasteiger partial charge in [-0.05, 0) is 41.3 Å². The molecule has 1 aliphatic heterocycles. The molecule has 94 valence electrons. The summed E-state index contributed by atoms with van der Waals surface area (Å²) in [5, 5.41) is 0. The Morgan fingerprint density at radius 2 is 2.29 bits per heavy atom. The minimum atomic E-state index is 0.175. The third kappa shape index (κ3) is 2.57. The van der Waals surface area contributed by atoms with Crippen molar-refractivity contribution in [1.29, 1.82) is 0 Å². The first kappa shape index (κ1) is 12.7. The number of carbonyl (C=O) groups is 1. The Morgan fingerprint density at radius 1 is 1.53 bits per heavy atom. The molecule has 0 saturated carbocycles. The molecule has 1 aromatic heterocycles. The lowest BCUT2D eigenvalue weighted by Crippen LogP contribution is -2.30. The van der Waals surface area contributed by atoms with Crippen LogP contribution in [0.4, 0.5) is 0 Å². The average molecular weight is 299 g/mol. The van der Waals surface area contributed by atoms with Gasteiger partial charge in [0.25, 0.3) is 5.91 Å². The van der Waals surface area contributed by atoms with Crippen molar-refractivity contribution < 1.29 is 4.79 Å². The van der Waals surface area contributed by atoms with Gasteiger partial charge in [-0.25, -0.2) is 0 Å². The van der Waals surface area contributed by atoms with Crippen LogP contribution in [0.2, 0.25) is 0 Å². The maximum atomic E-state index is 12.4. The summed E-state index contributed by atoms with van der Waals surface area (Å²) in [4.78, 5) is 14.4. The molecule has 4 heteroatoms. The second kappa shape index (κ2) is 5.25. The Kier molecular flexibility index (Phi) is 3.92. The third-order valence-electron chi connectivity index (χ3n) is 3.57. The zero-order valence-corrected chi connectivity index (χ0v) is 12.0. The van der Waals surface area contributed by atoms with Gasteiger partial charge < -0.3 is 9.47 Å². The molecule has 0 bridgehead atoms. The van der Waals surface area contributed by atoms with E-state index in [1.165, 1.54) is 6.42 Å². The highest BCUT2D eigenvalue weighted by atomic mass is 79.9. The molecule has 0 spiro atoms. The predicted octanol–water partition coefficient (Wildman–Crippen LogP) is 3.14. The number of amides is 1. The molecular weight excluding hydrogens is 280 g/mol. The summed E-state index contributed by atoms with van der Waals surface area (Å²) in [5.74, 6) is 0.862. The van der Waals surface area contributed by atoms with Crippen LogP contribution in [0.25, 0.3) is 0 Å². The van der Waals surface area contributed by atoms with Crippen molar-refractivity contribution in [3.63, 3.8) is 0 Å². The number of hydrogen-bond donors (Lipinski definition) is 0. The molecule has 0 aromatic carbocycles. The second-order valence-electron chi connectivity index (χ2n) is 4.64. The first-order valence-electron chi connectivity index (χ1n) is 6.30. The summed E-state index contributed by atoms with van der Waals surface area (Å²) in [5.41, 5.74) is 0.802. The molecule has 1 saturated heterocycles. The van der Waals surface area contributed by atoms with E-state index in [9.17, 15) is 4.79 Å². The van der Waals surface area contributed by atoms with Crippen molar-refractivity contribution in [2.24, 2.45) is 5.92 Å². The van der Waals surface area contributed by atoms with Gasteiger partial charge in [0.05, 0.1) is 0 Å². The van der Waals surface area contributed by atoms with E-state index < -0.39 is 0 Å². The number of nitrogens with zero attached hydrogens (tertiary/aromatic N) is 2. The first-order chi connectivity index (χ1) is 8.15. The van der Waals surface area contributed by atoms with Crippen molar-refractivity contribution in [3.05, 3.63) is 22.4 Å². The van der Waals surface area contributed by atoms with E-state index in [-0.39, 0.29) is 5.91 Å². The van der Waals surface area contributed by atoms with Crippen molar-refractivity contribution >= 4 is 21.8 Å². The van der Waals surface area contributed by atoms with Crippen LogP contribution in [0.3, 0.4) is 0 Å². The van der Waals surface area contributed by atoms with Crippen molar-refractivity contribution in [1.82, 2.24) is 9.47 Å². The smallest absolute Gasteiger partial charge is 0.270 e. The Balaban J connectivity index is 2.14. The van der Waals surface area contributed by atoms with Gasteiger partial charge in [-0.15, -0.1) is 0 Å². The number of aryl methyl sites for hydroxylation is 1. The van der Waals surface area contributed by atoms with Gasteiger partial charge in [-0.2, -0.15) is 0 Å². The SMILES string of the molecule is CCC1CCN(C(=O)c2cc(Br)cn2CC)C1. The highest BCUT2D eigenvalue weighted by molar-refractivity contribution is 9.10. The van der Waals surface area contributed by atoms with Crippen LogP contribution in [0, 0.1) is 5.92 Å². The molecular formula is C13H19BrN2O. The molecule has 1 fully saturated rings. The van der Waals surface area contributed by atoms with E-state index in [2.05, 4.69) is 29.8 Å². The number of likely N-dealkylation sites (tertiary alicyclic amines) is 1. The van der Waals surface area contributed by atoms with Gasteiger partial charge >= 0.3 is 0 Å². The summed E-state index contributed by atoms with van der Waals surface area (Å²) in [6.45, 7) is 6.91. The van der Waals surface area contributed by atoms with Crippen LogP contribution in [0.15, 0.2) is 16.7 Å². The van der Waals surface area contributed by atoms with E-state index in [4.69, 9.17) is 0 Å². The Hall–Kier alpha value is -0.770. The van der Waals surface area contributed by atoms with Crippen LogP contribution in [0.1, 0.15) is 37.2 Å². The highest BCUT2D eigenvalue weighted by Gasteiger charge is 2.27. The molecule has 1 amide bonds. The second-order valence-corrected chi connectivity index (χ2v) is 5.56. The van der Waals surface area contributed by atoms with Gasteiger partial charge in [0.2, 0.25) is 0 Å². The maximum absolute atomic E-state index is 12.4. The summed E-state index contributed by atoms with van der Waals surface area (Å²) in [6.07, 6.45) is 4.29. The lowest BCUT2D eigenvalue weighted by Gasteiger charge is -2.17. The van der Waals surface area contributed by atoms with Crippen molar-refractivity contribution in [2.75, 3.05) is 13.1 Å². The summed E-state index contributed by atoms with van der Waals surface area (Å²) < 4.78 is 2.99. The normalized spacial score (nSPS) is 19.9. The monoisotopic (exact) mass is 298 g/mol. The molecule has 3 nitrogen and oxygen atoms in total. The largest absolute Gasteiger partial charge is 0.343 e. The van der Waals surface area contributed by atoms with Gasteiger partial charge in [-0.3, -0.25) is 4.79 Å². The molecule has 1 aliphatic rings. The van der Waals surface area contributed by atoms with Crippen LogP contribution in [-0.4, -0.2) is 28.5 Å². The molecule has 17 heavy (non-hydrogen) atoms. The maximum Gasteiger partial charge on any atom is 0.270 e. The Morgan fingerprint density at radius 3 is 2.88 bits per heavy atom. The topological polar surface area (TPSA) is 25.2 Å². The van der Waals surface area contributed by atoms with E-state index in [0.717, 1.165) is 36.2 Å². The summed E-state index contributed by atoms with van der Waals surface area (Å²) >= 11 is 3.43. The molecule has 0 N–H and O–H groups in total. The highest BCUT2D eigenvalue weighted by Crippen LogP contribution is 2.23. The molecule has 0 radical (unpaired) electrons. The van der Waals surface area contributed by atoms with Crippen LogP contribution >= 0.6 is 15.9 Å². The lowest BCUT2D eigenvalue weighted by molar-refractivity contribution is 0.0776. The third-order valence-corrected chi connectivity index (χ3v) is 4.01. The summed E-state index contributed by atoms with van der Waals surface area (Å²) in [7, 11) is 0. The Bertz CT molecular complexity index is 414. The first-order valence-corrected chi connectivity index (χ1v) is 7.10. The van der Waals surface area contributed by atoms with Crippen molar-refractivity contribution in [2.45, 2.75) is 33.2 Å². The van der Waals surface area contributed by atoms with E-state index >= 15 is 0 Å². The van der Waals surface area contributed by atoms with Gasteiger partial charge in [0.1, 0.15) is 5.69 Å². The van der Waals surface area contributed by atoms with E-state index in [1.54, 1.807) is 0 Å². The molecule has 0 aliphatic carbocycles. The molecule has 1 unspecified atom stereocenters. The summed E-state index contributed by atoms with van der Waals surface area (Å²) in [6, 6.07) is 1.92. The Labute approximate surface area is 111 Å². The van der Waals surface area contributed by atoms with Crippen LogP contribution < -0.4 is 0 Å². The zero-order chi connectivity index (χ0) is 12.4.